The highest BCUT2D eigenvalue weighted by Gasteiger charge is 2.31. The zero-order valence-corrected chi connectivity index (χ0v) is 10.4. The Morgan fingerprint density at radius 1 is 1.33 bits per heavy atom. The molecule has 1 heterocycles. The van der Waals surface area contributed by atoms with Crippen LogP contribution >= 0.6 is 11.8 Å². The van der Waals surface area contributed by atoms with Gasteiger partial charge < -0.3 is 9.84 Å². The van der Waals surface area contributed by atoms with Crippen molar-refractivity contribution in [2.45, 2.75) is 6.10 Å². The average Bonchev–Trinajstić information content (AvgIpc) is 2.69. The van der Waals surface area contributed by atoms with Crippen LogP contribution in [0.4, 0.5) is 4.79 Å². The number of benzene rings is 1. The summed E-state index contributed by atoms with van der Waals surface area (Å²) < 4.78 is 5.34. The SMILES string of the molecule is O=C1CSC(=O)N1CC(O)COc1ccccc1. The van der Waals surface area contributed by atoms with Crippen LogP contribution in [0.2, 0.25) is 0 Å². The van der Waals surface area contributed by atoms with Gasteiger partial charge in [0.25, 0.3) is 5.24 Å². The molecule has 0 bridgehead atoms. The summed E-state index contributed by atoms with van der Waals surface area (Å²) in [6.07, 6.45) is -0.878. The molecule has 0 aromatic heterocycles. The van der Waals surface area contributed by atoms with E-state index in [0.717, 1.165) is 16.7 Å². The number of hydrogen-bond acceptors (Lipinski definition) is 5. The van der Waals surface area contributed by atoms with Gasteiger partial charge in [-0.15, -0.1) is 0 Å². The van der Waals surface area contributed by atoms with Gasteiger partial charge in [-0.1, -0.05) is 30.0 Å². The van der Waals surface area contributed by atoms with Crippen LogP contribution in [0.25, 0.3) is 0 Å². The molecule has 1 aromatic rings. The molecule has 96 valence electrons. The number of rotatable bonds is 5. The van der Waals surface area contributed by atoms with Gasteiger partial charge in [-0.2, -0.15) is 0 Å². The maximum absolute atomic E-state index is 11.3. The number of para-hydroxylation sites is 1. The summed E-state index contributed by atoms with van der Waals surface area (Å²) in [6, 6.07) is 9.06. The van der Waals surface area contributed by atoms with Crippen molar-refractivity contribution in [2.24, 2.45) is 0 Å². The zero-order valence-electron chi connectivity index (χ0n) is 9.61. The molecule has 1 N–H and O–H groups in total. The Hall–Kier alpha value is -1.53. The number of β-amino-alcohol motifs (C(OH)–C–C–N with tert-alkyl or cyclic N) is 1. The van der Waals surface area contributed by atoms with Crippen LogP contribution in [0, 0.1) is 0 Å². The van der Waals surface area contributed by atoms with Gasteiger partial charge in [0.2, 0.25) is 5.91 Å². The van der Waals surface area contributed by atoms with Gasteiger partial charge in [0.05, 0.1) is 12.3 Å². The molecule has 0 aliphatic carbocycles. The van der Waals surface area contributed by atoms with Gasteiger partial charge in [0, 0.05) is 0 Å². The highest BCUT2D eigenvalue weighted by atomic mass is 32.2. The normalized spacial score (nSPS) is 17.1. The highest BCUT2D eigenvalue weighted by Crippen LogP contribution is 2.19. The van der Waals surface area contributed by atoms with E-state index in [1.807, 2.05) is 18.2 Å². The molecule has 1 unspecified atom stereocenters. The van der Waals surface area contributed by atoms with Crippen molar-refractivity contribution in [1.82, 2.24) is 4.90 Å². The molecular weight excluding hydrogens is 254 g/mol. The summed E-state index contributed by atoms with van der Waals surface area (Å²) in [5.74, 6) is 0.541. The molecule has 0 spiro atoms. The Morgan fingerprint density at radius 3 is 2.67 bits per heavy atom. The first kappa shape index (κ1) is 12.9. The van der Waals surface area contributed by atoms with Crippen molar-refractivity contribution in [3.8, 4) is 5.75 Å². The van der Waals surface area contributed by atoms with Gasteiger partial charge in [-0.05, 0) is 12.1 Å². The van der Waals surface area contributed by atoms with E-state index in [1.54, 1.807) is 12.1 Å². The number of carbonyl (C=O) groups excluding carboxylic acids is 2. The quantitative estimate of drug-likeness (QED) is 0.866. The smallest absolute Gasteiger partial charge is 0.288 e. The molecule has 1 aliphatic rings. The zero-order chi connectivity index (χ0) is 13.0. The minimum absolute atomic E-state index is 0.0164. The molecule has 1 aliphatic heterocycles. The molecule has 2 amide bonds. The maximum Gasteiger partial charge on any atom is 0.288 e. The second-order valence-electron chi connectivity index (χ2n) is 3.84. The third-order valence-corrected chi connectivity index (χ3v) is 3.28. The van der Waals surface area contributed by atoms with Crippen LogP contribution in [-0.2, 0) is 4.79 Å². The van der Waals surface area contributed by atoms with E-state index in [2.05, 4.69) is 0 Å². The number of carbonyl (C=O) groups is 2. The standard InChI is InChI=1S/C12H13NO4S/c14-9(6-13-11(15)8-18-12(13)16)7-17-10-4-2-1-3-5-10/h1-5,9,14H,6-8H2. The van der Waals surface area contributed by atoms with Crippen LogP contribution in [-0.4, -0.2) is 46.2 Å². The van der Waals surface area contributed by atoms with Crippen LogP contribution in [0.3, 0.4) is 0 Å². The maximum atomic E-state index is 11.3. The van der Waals surface area contributed by atoms with E-state index in [4.69, 9.17) is 4.74 Å². The van der Waals surface area contributed by atoms with E-state index in [9.17, 15) is 14.7 Å². The largest absolute Gasteiger partial charge is 0.491 e. The van der Waals surface area contributed by atoms with E-state index in [1.165, 1.54) is 0 Å². The second kappa shape index (κ2) is 5.88. The molecule has 1 fully saturated rings. The van der Waals surface area contributed by atoms with E-state index in [-0.39, 0.29) is 30.1 Å². The van der Waals surface area contributed by atoms with Gasteiger partial charge in [0.1, 0.15) is 18.5 Å². The lowest BCUT2D eigenvalue weighted by atomic mass is 10.3. The first-order valence-corrected chi connectivity index (χ1v) is 6.48. The first-order valence-electron chi connectivity index (χ1n) is 5.50. The Kier molecular flexibility index (Phi) is 4.22. The topological polar surface area (TPSA) is 66.8 Å². The van der Waals surface area contributed by atoms with Crippen molar-refractivity contribution in [2.75, 3.05) is 18.9 Å². The predicted molar refractivity (Wildman–Crippen MR) is 67.5 cm³/mol. The molecule has 2 rings (SSSR count). The summed E-state index contributed by atoms with van der Waals surface area (Å²) >= 11 is 0.955. The Bertz CT molecular complexity index is 421. The third-order valence-electron chi connectivity index (χ3n) is 2.42. The van der Waals surface area contributed by atoms with E-state index in [0.29, 0.717) is 5.75 Å². The number of thioether (sulfide) groups is 1. The van der Waals surface area contributed by atoms with Crippen LogP contribution in [0.1, 0.15) is 0 Å². The second-order valence-corrected chi connectivity index (χ2v) is 4.76. The molecule has 18 heavy (non-hydrogen) atoms. The van der Waals surface area contributed by atoms with Gasteiger partial charge in [-0.25, -0.2) is 0 Å². The number of aliphatic hydroxyl groups excluding tert-OH is 1. The van der Waals surface area contributed by atoms with Crippen molar-refractivity contribution < 1.29 is 19.4 Å². The van der Waals surface area contributed by atoms with E-state index < -0.39 is 6.10 Å². The van der Waals surface area contributed by atoms with Crippen molar-refractivity contribution in [3.05, 3.63) is 30.3 Å². The first-order chi connectivity index (χ1) is 8.66. The van der Waals surface area contributed by atoms with Crippen molar-refractivity contribution in [1.29, 1.82) is 0 Å². The average molecular weight is 267 g/mol. The summed E-state index contributed by atoms with van der Waals surface area (Å²) in [5.41, 5.74) is 0. The van der Waals surface area contributed by atoms with Gasteiger partial charge >= 0.3 is 0 Å². The molecule has 5 nitrogen and oxygen atoms in total. The molecule has 1 saturated heterocycles. The number of hydrogen-bond donors (Lipinski definition) is 1. The van der Waals surface area contributed by atoms with Gasteiger partial charge in [0.15, 0.2) is 0 Å². The van der Waals surface area contributed by atoms with Crippen molar-refractivity contribution in [3.63, 3.8) is 0 Å². The molecule has 1 atom stereocenters. The summed E-state index contributed by atoms with van der Waals surface area (Å²) in [7, 11) is 0. The number of aliphatic hydroxyl groups is 1. The third kappa shape index (κ3) is 3.24. The Labute approximate surface area is 109 Å². The Balaban J connectivity index is 1.80. The monoisotopic (exact) mass is 267 g/mol. The fraction of sp³-hybridized carbons (Fsp3) is 0.333. The fourth-order valence-electron chi connectivity index (χ4n) is 1.53. The fourth-order valence-corrected chi connectivity index (χ4v) is 2.27. The number of nitrogens with zero attached hydrogens (tertiary/aromatic N) is 1. The van der Waals surface area contributed by atoms with Crippen LogP contribution < -0.4 is 4.74 Å². The lowest BCUT2D eigenvalue weighted by Crippen LogP contribution is -2.38. The molecule has 0 radical (unpaired) electrons. The highest BCUT2D eigenvalue weighted by molar-refractivity contribution is 8.14. The molecule has 0 saturated carbocycles. The molecule has 1 aromatic carbocycles. The minimum Gasteiger partial charge on any atom is -0.491 e. The summed E-state index contributed by atoms with van der Waals surface area (Å²) in [4.78, 5) is 23.7. The Morgan fingerprint density at radius 2 is 2.06 bits per heavy atom. The minimum atomic E-state index is -0.878. The number of ether oxygens (including phenoxy) is 1. The lowest BCUT2D eigenvalue weighted by molar-refractivity contribution is -0.125. The lowest BCUT2D eigenvalue weighted by Gasteiger charge is -2.18. The van der Waals surface area contributed by atoms with Crippen LogP contribution in [0.15, 0.2) is 30.3 Å². The predicted octanol–water partition coefficient (Wildman–Crippen LogP) is 1.12. The molecule has 6 heteroatoms. The van der Waals surface area contributed by atoms with Crippen molar-refractivity contribution >= 4 is 22.9 Å². The van der Waals surface area contributed by atoms with Gasteiger partial charge in [-0.3, -0.25) is 14.5 Å². The molecular formula is C12H13NO4S. The van der Waals surface area contributed by atoms with Crippen LogP contribution in [0.5, 0.6) is 5.75 Å². The number of amides is 2. The summed E-state index contributed by atoms with van der Waals surface area (Å²) in [6.45, 7) is 0.0310. The van der Waals surface area contributed by atoms with E-state index >= 15 is 0 Å². The number of imide groups is 1. The summed E-state index contributed by atoms with van der Waals surface area (Å²) in [5, 5.41) is 9.42.